The normalized spacial score (nSPS) is 11.8. The maximum Gasteiger partial charge on any atom is 0.264 e. The Bertz CT molecular complexity index is 184. The van der Waals surface area contributed by atoms with Gasteiger partial charge in [0.25, 0.3) is 10.1 Å². The molecular weight excluding hydrogens is 176 g/mol. The number of unbranched alkanes of at least 4 members (excludes halogenated alkanes) is 4. The predicted molar refractivity (Wildman–Crippen MR) is 49.6 cm³/mol. The van der Waals surface area contributed by atoms with Crippen LogP contribution in [0.2, 0.25) is 0 Å². The summed E-state index contributed by atoms with van der Waals surface area (Å²) in [6.07, 6.45) is 6.57. The largest absolute Gasteiger partial charge is 0.270 e. The van der Waals surface area contributed by atoms with Gasteiger partial charge in [0, 0.05) is 0 Å². The van der Waals surface area contributed by atoms with E-state index in [-0.39, 0.29) is 0 Å². The smallest absolute Gasteiger partial charge is 0.264 e. The van der Waals surface area contributed by atoms with Crippen LogP contribution in [0, 0.1) is 0 Å². The average Bonchev–Trinajstić information content (AvgIpc) is 1.94. The van der Waals surface area contributed by atoms with Crippen molar-refractivity contribution in [2.45, 2.75) is 39.0 Å². The molecule has 0 aliphatic carbocycles. The van der Waals surface area contributed by atoms with Gasteiger partial charge in [-0.15, -0.1) is 0 Å². The molecular formula is C8H18O3S. The van der Waals surface area contributed by atoms with E-state index >= 15 is 0 Å². The van der Waals surface area contributed by atoms with Crippen LogP contribution in [0.15, 0.2) is 0 Å². The topological polar surface area (TPSA) is 43.4 Å². The molecule has 0 heterocycles. The molecule has 0 amide bonds. The molecule has 0 spiro atoms. The maximum atomic E-state index is 10.5. The molecule has 0 fully saturated rings. The van der Waals surface area contributed by atoms with Crippen molar-refractivity contribution in [3.8, 4) is 0 Å². The van der Waals surface area contributed by atoms with Crippen molar-refractivity contribution in [2.75, 3.05) is 12.9 Å². The molecule has 0 N–H and O–H groups in total. The summed E-state index contributed by atoms with van der Waals surface area (Å²) >= 11 is 0. The monoisotopic (exact) mass is 194 g/mol. The minimum atomic E-state index is -3.22. The summed E-state index contributed by atoms with van der Waals surface area (Å²) in [5, 5.41) is 0. The fourth-order valence-electron chi connectivity index (χ4n) is 0.916. The van der Waals surface area contributed by atoms with Gasteiger partial charge < -0.3 is 0 Å². The molecule has 0 bridgehead atoms. The van der Waals surface area contributed by atoms with E-state index in [1.54, 1.807) is 0 Å². The summed E-state index contributed by atoms with van der Waals surface area (Å²) in [5.41, 5.74) is 0. The van der Waals surface area contributed by atoms with Crippen LogP contribution in [0.1, 0.15) is 39.0 Å². The molecule has 74 valence electrons. The van der Waals surface area contributed by atoms with E-state index in [0.29, 0.717) is 6.61 Å². The van der Waals surface area contributed by atoms with E-state index in [9.17, 15) is 8.42 Å². The third kappa shape index (κ3) is 9.91. The van der Waals surface area contributed by atoms with Crippen molar-refractivity contribution in [2.24, 2.45) is 0 Å². The van der Waals surface area contributed by atoms with Crippen molar-refractivity contribution in [1.82, 2.24) is 0 Å². The number of hydrogen-bond acceptors (Lipinski definition) is 3. The van der Waals surface area contributed by atoms with E-state index in [4.69, 9.17) is 0 Å². The van der Waals surface area contributed by atoms with Gasteiger partial charge in [0.1, 0.15) is 0 Å². The molecule has 12 heavy (non-hydrogen) atoms. The first-order valence-electron chi connectivity index (χ1n) is 4.40. The quantitative estimate of drug-likeness (QED) is 0.459. The van der Waals surface area contributed by atoms with Gasteiger partial charge in [-0.1, -0.05) is 32.6 Å². The zero-order chi connectivity index (χ0) is 9.45. The SMILES string of the molecule is CCCCCCCOS(C)(=O)=O. The summed E-state index contributed by atoms with van der Waals surface area (Å²) in [7, 11) is -3.22. The van der Waals surface area contributed by atoms with Gasteiger partial charge in [0.05, 0.1) is 12.9 Å². The lowest BCUT2D eigenvalue weighted by Gasteiger charge is -2.00. The van der Waals surface area contributed by atoms with Crippen LogP contribution in [0.3, 0.4) is 0 Å². The number of rotatable bonds is 7. The molecule has 0 saturated heterocycles. The van der Waals surface area contributed by atoms with Crippen LogP contribution in [0.4, 0.5) is 0 Å². The molecule has 0 atom stereocenters. The molecule has 0 rings (SSSR count). The molecule has 0 aliphatic heterocycles. The second kappa shape index (κ2) is 6.43. The summed E-state index contributed by atoms with van der Waals surface area (Å²) in [6.45, 7) is 2.48. The predicted octanol–water partition coefficient (Wildman–Crippen LogP) is 1.93. The number of hydrogen-bond donors (Lipinski definition) is 0. The molecule has 0 saturated carbocycles. The van der Waals surface area contributed by atoms with E-state index < -0.39 is 10.1 Å². The van der Waals surface area contributed by atoms with E-state index in [1.807, 2.05) is 0 Å². The lowest BCUT2D eigenvalue weighted by atomic mass is 10.2. The fourth-order valence-corrected chi connectivity index (χ4v) is 1.34. The standard InChI is InChI=1S/C8H18O3S/c1-3-4-5-6-7-8-11-12(2,9)10/h3-8H2,1-2H3. The van der Waals surface area contributed by atoms with Crippen molar-refractivity contribution < 1.29 is 12.6 Å². The van der Waals surface area contributed by atoms with Crippen LogP contribution in [0.5, 0.6) is 0 Å². The van der Waals surface area contributed by atoms with Gasteiger partial charge in [-0.3, -0.25) is 4.18 Å². The lowest BCUT2D eigenvalue weighted by molar-refractivity contribution is 0.310. The van der Waals surface area contributed by atoms with Gasteiger partial charge in [-0.2, -0.15) is 8.42 Å². The first kappa shape index (κ1) is 11.9. The van der Waals surface area contributed by atoms with Gasteiger partial charge >= 0.3 is 0 Å². The first-order valence-corrected chi connectivity index (χ1v) is 6.22. The Morgan fingerprint density at radius 3 is 2.17 bits per heavy atom. The summed E-state index contributed by atoms with van der Waals surface area (Å²) in [5.74, 6) is 0. The zero-order valence-electron chi connectivity index (χ0n) is 7.88. The second-order valence-corrected chi connectivity index (χ2v) is 4.58. The highest BCUT2D eigenvalue weighted by atomic mass is 32.2. The Kier molecular flexibility index (Phi) is 6.38. The molecule has 0 aliphatic rings. The zero-order valence-corrected chi connectivity index (χ0v) is 8.69. The summed E-state index contributed by atoms with van der Waals surface area (Å²) < 4.78 is 25.6. The fraction of sp³-hybridized carbons (Fsp3) is 1.00. The van der Waals surface area contributed by atoms with E-state index in [2.05, 4.69) is 11.1 Å². The van der Waals surface area contributed by atoms with E-state index in [0.717, 1.165) is 19.1 Å². The van der Waals surface area contributed by atoms with Gasteiger partial charge in [-0.05, 0) is 6.42 Å². The molecule has 0 radical (unpaired) electrons. The van der Waals surface area contributed by atoms with Gasteiger partial charge in [-0.25, -0.2) is 0 Å². The van der Waals surface area contributed by atoms with Gasteiger partial charge in [0.2, 0.25) is 0 Å². The van der Waals surface area contributed by atoms with Crippen LogP contribution in [-0.2, 0) is 14.3 Å². The Labute approximate surface area is 75.2 Å². The maximum absolute atomic E-state index is 10.5. The van der Waals surface area contributed by atoms with Gasteiger partial charge in [0.15, 0.2) is 0 Å². The Balaban J connectivity index is 3.12. The highest BCUT2D eigenvalue weighted by Crippen LogP contribution is 2.02. The third-order valence-electron chi connectivity index (χ3n) is 1.55. The highest BCUT2D eigenvalue weighted by molar-refractivity contribution is 7.85. The van der Waals surface area contributed by atoms with Crippen molar-refractivity contribution >= 4 is 10.1 Å². The van der Waals surface area contributed by atoms with Crippen LogP contribution < -0.4 is 0 Å². The van der Waals surface area contributed by atoms with Crippen LogP contribution in [-0.4, -0.2) is 21.3 Å². The lowest BCUT2D eigenvalue weighted by Crippen LogP contribution is -2.03. The first-order chi connectivity index (χ1) is 5.56. The third-order valence-corrected chi connectivity index (χ3v) is 2.14. The van der Waals surface area contributed by atoms with Crippen molar-refractivity contribution in [3.63, 3.8) is 0 Å². The molecule has 0 aromatic heterocycles. The Morgan fingerprint density at radius 1 is 1.08 bits per heavy atom. The minimum Gasteiger partial charge on any atom is -0.270 e. The molecule has 4 heteroatoms. The average molecular weight is 194 g/mol. The minimum absolute atomic E-state index is 0.336. The molecule has 0 aromatic rings. The highest BCUT2D eigenvalue weighted by Gasteiger charge is 1.99. The van der Waals surface area contributed by atoms with Crippen molar-refractivity contribution in [1.29, 1.82) is 0 Å². The second-order valence-electron chi connectivity index (χ2n) is 2.94. The van der Waals surface area contributed by atoms with E-state index in [1.165, 1.54) is 19.3 Å². The Hall–Kier alpha value is -0.0900. The summed E-state index contributed by atoms with van der Waals surface area (Å²) in [6, 6.07) is 0. The molecule has 0 unspecified atom stereocenters. The summed E-state index contributed by atoms with van der Waals surface area (Å²) in [4.78, 5) is 0. The Morgan fingerprint density at radius 2 is 1.67 bits per heavy atom. The van der Waals surface area contributed by atoms with Crippen molar-refractivity contribution in [3.05, 3.63) is 0 Å². The molecule has 0 aromatic carbocycles. The van der Waals surface area contributed by atoms with Crippen LogP contribution in [0.25, 0.3) is 0 Å². The van der Waals surface area contributed by atoms with Crippen LogP contribution >= 0.6 is 0 Å². The molecule has 3 nitrogen and oxygen atoms in total.